The minimum Gasteiger partial charge on any atom is -0.456 e. The summed E-state index contributed by atoms with van der Waals surface area (Å²) in [5.41, 5.74) is 6.69. The summed E-state index contributed by atoms with van der Waals surface area (Å²) in [6, 6.07) is 61.8. The van der Waals surface area contributed by atoms with Crippen LogP contribution in [0.5, 0.6) is 0 Å². The van der Waals surface area contributed by atoms with Gasteiger partial charge < -0.3 is 4.42 Å². The average Bonchev–Trinajstić information content (AvgIpc) is 3.61. The molecule has 0 saturated heterocycles. The van der Waals surface area contributed by atoms with Crippen molar-refractivity contribution in [3.63, 3.8) is 0 Å². The summed E-state index contributed by atoms with van der Waals surface area (Å²) in [5, 5.41) is 11.9. The molecule has 11 rings (SSSR count). The Morgan fingerprint density at radius 2 is 0.755 bits per heavy atom. The van der Waals surface area contributed by atoms with Gasteiger partial charge >= 0.3 is 0 Å². The maximum atomic E-state index is 6.27. The van der Waals surface area contributed by atoms with E-state index >= 15 is 0 Å². The molecule has 0 radical (unpaired) electrons. The Balaban J connectivity index is 1.07. The zero-order valence-corrected chi connectivity index (χ0v) is 28.5. The number of benzene rings is 9. The van der Waals surface area contributed by atoms with E-state index in [1.54, 1.807) is 0 Å². The third-order valence-corrected chi connectivity index (χ3v) is 10.5. The standard InChI is InChI=1S/C49H29N3O/c1-2-9-35-27-36(19-15-30(35)7-1)31-13-17-34(18-14-31)47-50-48(52-49(51-47)38-23-26-43-42-11-5-6-12-45(42)53-46(43)29-38)37-20-16-33-22-24-40-39-10-4-3-8-32(39)21-25-41(40)44(33)28-37/h1-29H. The topological polar surface area (TPSA) is 51.8 Å². The number of furan rings is 1. The molecule has 53 heavy (non-hydrogen) atoms. The van der Waals surface area contributed by atoms with Crippen LogP contribution in [0.25, 0.3) is 110 Å². The lowest BCUT2D eigenvalue weighted by Gasteiger charge is -2.11. The van der Waals surface area contributed by atoms with E-state index in [1.165, 1.54) is 43.3 Å². The highest BCUT2D eigenvalue weighted by Crippen LogP contribution is 2.36. The molecular weight excluding hydrogens is 647 g/mol. The summed E-state index contributed by atoms with van der Waals surface area (Å²) in [6.07, 6.45) is 0. The summed E-state index contributed by atoms with van der Waals surface area (Å²) in [7, 11) is 0. The molecule has 0 unspecified atom stereocenters. The second kappa shape index (κ2) is 11.7. The highest BCUT2D eigenvalue weighted by Gasteiger charge is 2.16. The highest BCUT2D eigenvalue weighted by molar-refractivity contribution is 6.17. The van der Waals surface area contributed by atoms with Crippen molar-refractivity contribution < 1.29 is 4.42 Å². The summed E-state index contributed by atoms with van der Waals surface area (Å²) in [4.78, 5) is 15.3. The maximum Gasteiger partial charge on any atom is 0.164 e. The number of hydrogen-bond donors (Lipinski definition) is 0. The van der Waals surface area contributed by atoms with Crippen molar-refractivity contribution in [1.29, 1.82) is 0 Å². The molecule has 0 aliphatic carbocycles. The Morgan fingerprint density at radius 1 is 0.264 bits per heavy atom. The van der Waals surface area contributed by atoms with Gasteiger partial charge in [0.05, 0.1) is 0 Å². The fraction of sp³-hybridized carbons (Fsp3) is 0. The van der Waals surface area contributed by atoms with Gasteiger partial charge in [0.15, 0.2) is 17.5 Å². The molecule has 0 atom stereocenters. The lowest BCUT2D eigenvalue weighted by atomic mass is 9.96. The number of fused-ring (bicyclic) bond motifs is 9. The number of rotatable bonds is 4. The first-order valence-corrected chi connectivity index (χ1v) is 17.8. The van der Waals surface area contributed by atoms with Crippen molar-refractivity contribution in [1.82, 2.24) is 15.0 Å². The van der Waals surface area contributed by atoms with Crippen LogP contribution >= 0.6 is 0 Å². The zero-order chi connectivity index (χ0) is 34.9. The predicted octanol–water partition coefficient (Wildman–Crippen LogP) is 13.1. The van der Waals surface area contributed by atoms with E-state index in [-0.39, 0.29) is 0 Å². The largest absolute Gasteiger partial charge is 0.456 e. The first-order valence-electron chi connectivity index (χ1n) is 17.8. The first kappa shape index (κ1) is 29.5. The molecule has 246 valence electrons. The normalized spacial score (nSPS) is 11.8. The Bertz CT molecular complexity index is 3230. The Labute approximate surface area is 304 Å². The molecule has 0 aliphatic rings. The van der Waals surface area contributed by atoms with Crippen molar-refractivity contribution in [2.45, 2.75) is 0 Å². The third kappa shape index (κ3) is 4.95. The predicted molar refractivity (Wildman–Crippen MR) is 219 cm³/mol. The van der Waals surface area contributed by atoms with E-state index < -0.39 is 0 Å². The van der Waals surface area contributed by atoms with Crippen molar-refractivity contribution in [3.8, 4) is 45.3 Å². The van der Waals surface area contributed by atoms with Crippen molar-refractivity contribution in [2.75, 3.05) is 0 Å². The van der Waals surface area contributed by atoms with E-state index in [2.05, 4.69) is 152 Å². The van der Waals surface area contributed by atoms with E-state index in [0.29, 0.717) is 17.5 Å². The lowest BCUT2D eigenvalue weighted by Crippen LogP contribution is -2.00. The zero-order valence-electron chi connectivity index (χ0n) is 28.5. The minimum absolute atomic E-state index is 0.593. The number of nitrogens with zero attached hydrogens (tertiary/aromatic N) is 3. The van der Waals surface area contributed by atoms with Gasteiger partial charge in [0.1, 0.15) is 11.2 Å². The van der Waals surface area contributed by atoms with E-state index in [4.69, 9.17) is 19.4 Å². The fourth-order valence-electron chi connectivity index (χ4n) is 7.77. The van der Waals surface area contributed by atoms with Crippen molar-refractivity contribution >= 4 is 65.0 Å². The van der Waals surface area contributed by atoms with Gasteiger partial charge in [-0.05, 0) is 84.5 Å². The molecular formula is C49H29N3O. The van der Waals surface area contributed by atoms with E-state index in [0.717, 1.165) is 49.6 Å². The van der Waals surface area contributed by atoms with Crippen LogP contribution in [-0.4, -0.2) is 15.0 Å². The van der Waals surface area contributed by atoms with Gasteiger partial charge in [0.2, 0.25) is 0 Å². The van der Waals surface area contributed by atoms with Gasteiger partial charge in [-0.1, -0.05) is 146 Å². The Kier molecular flexibility index (Phi) is 6.52. The lowest BCUT2D eigenvalue weighted by molar-refractivity contribution is 0.669. The fourth-order valence-corrected chi connectivity index (χ4v) is 7.77. The Morgan fingerprint density at radius 3 is 1.57 bits per heavy atom. The molecule has 9 aromatic carbocycles. The SMILES string of the molecule is c1ccc2cc(-c3ccc(-c4nc(-c5ccc6c(c5)oc5ccccc56)nc(-c5ccc6ccc7c8ccccc8ccc7c6c5)n4)cc3)ccc2c1. The summed E-state index contributed by atoms with van der Waals surface area (Å²) < 4.78 is 6.27. The number of para-hydroxylation sites is 1. The molecule has 0 spiro atoms. The van der Waals surface area contributed by atoms with Crippen LogP contribution in [0.4, 0.5) is 0 Å². The molecule has 0 saturated carbocycles. The average molecular weight is 676 g/mol. The van der Waals surface area contributed by atoms with Crippen LogP contribution in [0.3, 0.4) is 0 Å². The molecule has 0 bridgehead atoms. The maximum absolute atomic E-state index is 6.27. The molecule has 0 fully saturated rings. The first-order chi connectivity index (χ1) is 26.2. The smallest absolute Gasteiger partial charge is 0.164 e. The molecule has 4 nitrogen and oxygen atoms in total. The molecule has 0 N–H and O–H groups in total. The molecule has 11 aromatic rings. The number of hydrogen-bond acceptors (Lipinski definition) is 4. The second-order valence-electron chi connectivity index (χ2n) is 13.6. The van der Waals surface area contributed by atoms with Crippen LogP contribution in [0.1, 0.15) is 0 Å². The third-order valence-electron chi connectivity index (χ3n) is 10.5. The quantitative estimate of drug-likeness (QED) is 0.174. The minimum atomic E-state index is 0.593. The van der Waals surface area contributed by atoms with Crippen molar-refractivity contribution in [3.05, 3.63) is 176 Å². The summed E-state index contributed by atoms with van der Waals surface area (Å²) >= 11 is 0. The Hall–Kier alpha value is -7.17. The van der Waals surface area contributed by atoms with E-state index in [1.807, 2.05) is 24.3 Å². The van der Waals surface area contributed by atoms with Crippen molar-refractivity contribution in [2.24, 2.45) is 0 Å². The second-order valence-corrected chi connectivity index (χ2v) is 13.6. The van der Waals surface area contributed by atoms with Crippen LogP contribution in [0, 0.1) is 0 Å². The molecule has 2 aromatic heterocycles. The molecule has 4 heteroatoms. The van der Waals surface area contributed by atoms with Gasteiger partial charge in [-0.15, -0.1) is 0 Å². The van der Waals surface area contributed by atoms with Gasteiger partial charge in [-0.3, -0.25) is 0 Å². The van der Waals surface area contributed by atoms with Gasteiger partial charge in [0.25, 0.3) is 0 Å². The molecule has 2 heterocycles. The summed E-state index contributed by atoms with van der Waals surface area (Å²) in [6.45, 7) is 0. The van der Waals surface area contributed by atoms with Gasteiger partial charge in [-0.25, -0.2) is 15.0 Å². The highest BCUT2D eigenvalue weighted by atomic mass is 16.3. The monoisotopic (exact) mass is 675 g/mol. The van der Waals surface area contributed by atoms with Crippen LogP contribution < -0.4 is 0 Å². The van der Waals surface area contributed by atoms with Gasteiger partial charge in [0, 0.05) is 27.5 Å². The summed E-state index contributed by atoms with van der Waals surface area (Å²) in [5.74, 6) is 1.83. The number of aromatic nitrogens is 3. The van der Waals surface area contributed by atoms with E-state index in [9.17, 15) is 0 Å². The van der Waals surface area contributed by atoms with Crippen LogP contribution in [0.15, 0.2) is 180 Å². The van der Waals surface area contributed by atoms with Crippen LogP contribution in [0.2, 0.25) is 0 Å². The van der Waals surface area contributed by atoms with Gasteiger partial charge in [-0.2, -0.15) is 0 Å². The molecule has 0 aliphatic heterocycles. The molecule has 0 amide bonds. The van der Waals surface area contributed by atoms with Crippen LogP contribution in [-0.2, 0) is 0 Å².